The van der Waals surface area contributed by atoms with E-state index in [1.54, 1.807) is 0 Å². The molecule has 6 nitrogen and oxygen atoms in total. The van der Waals surface area contributed by atoms with Gasteiger partial charge in [0, 0.05) is 27.9 Å². The molecule has 124 valence electrons. The third kappa shape index (κ3) is 3.71. The van der Waals surface area contributed by atoms with Crippen molar-refractivity contribution in [3.63, 3.8) is 0 Å². The Morgan fingerprint density at radius 3 is 2.25 bits per heavy atom. The van der Waals surface area contributed by atoms with Crippen LogP contribution in [0.2, 0.25) is 0 Å². The molecule has 2 rings (SSSR count). The maximum Gasteiger partial charge on any atom is 0.342 e. The van der Waals surface area contributed by atoms with Crippen LogP contribution < -0.4 is 0 Å². The van der Waals surface area contributed by atoms with Crippen LogP contribution in [0.25, 0.3) is 11.1 Å². The van der Waals surface area contributed by atoms with Crippen LogP contribution in [-0.4, -0.2) is 21.8 Å². The van der Waals surface area contributed by atoms with E-state index < -0.39 is 16.6 Å². The van der Waals surface area contributed by atoms with Gasteiger partial charge in [0.05, 0.1) is 4.92 Å². The molecule has 0 aromatic heterocycles. The molecule has 0 aliphatic rings. The fraction of sp³-hybridized carbons (Fsp3) is 0.0667. The molecule has 0 fully saturated rings. The van der Waals surface area contributed by atoms with E-state index in [9.17, 15) is 19.7 Å². The molecule has 0 unspecified atom stereocenters. The Kier molecular flexibility index (Phi) is 6.17. The number of aromatic carboxylic acids is 1. The van der Waals surface area contributed by atoms with Crippen molar-refractivity contribution in [3.8, 4) is 11.1 Å². The van der Waals surface area contributed by atoms with Gasteiger partial charge >= 0.3 is 5.97 Å². The minimum atomic E-state index is -1.36. The van der Waals surface area contributed by atoms with Crippen LogP contribution >= 0.6 is 67.8 Å². The molecule has 0 aliphatic heterocycles. The van der Waals surface area contributed by atoms with Crippen molar-refractivity contribution >= 4 is 85.2 Å². The van der Waals surface area contributed by atoms with Gasteiger partial charge in [0.25, 0.3) is 5.69 Å². The van der Waals surface area contributed by atoms with Gasteiger partial charge in [-0.1, -0.05) is 6.07 Å². The minimum Gasteiger partial charge on any atom is -0.477 e. The number of nitrogens with zero attached hydrogens (tertiary/aromatic N) is 1. The highest BCUT2D eigenvalue weighted by molar-refractivity contribution is 14.1. The molecule has 0 bridgehead atoms. The van der Waals surface area contributed by atoms with Gasteiger partial charge in [-0.2, -0.15) is 0 Å². The third-order valence-electron chi connectivity index (χ3n) is 3.24. The number of carboxylic acids is 1. The standard InChI is InChI=1S/C15H8I3NO5/c1-6(20)12-9(16)5-10(17)13(14(12)18)7-2-3-8(15(21)22)11(4-7)19(23)24/h2-5H,1H3,(H,21,22). The molecule has 0 saturated heterocycles. The zero-order valence-corrected chi connectivity index (χ0v) is 18.4. The van der Waals surface area contributed by atoms with Gasteiger partial charge < -0.3 is 5.11 Å². The lowest BCUT2D eigenvalue weighted by atomic mass is 9.99. The summed E-state index contributed by atoms with van der Waals surface area (Å²) in [5.41, 5.74) is 0.887. The van der Waals surface area contributed by atoms with Crippen LogP contribution in [0.5, 0.6) is 0 Å². The predicted molar refractivity (Wildman–Crippen MR) is 114 cm³/mol. The molecule has 9 heteroatoms. The highest BCUT2D eigenvalue weighted by Gasteiger charge is 2.23. The second kappa shape index (κ2) is 7.59. The van der Waals surface area contributed by atoms with E-state index in [0.717, 1.165) is 7.14 Å². The van der Waals surface area contributed by atoms with E-state index in [2.05, 4.69) is 45.2 Å². The number of nitro groups is 1. The van der Waals surface area contributed by atoms with Crippen molar-refractivity contribution in [2.24, 2.45) is 0 Å². The van der Waals surface area contributed by atoms with E-state index in [0.29, 0.717) is 20.3 Å². The largest absolute Gasteiger partial charge is 0.477 e. The molecule has 0 atom stereocenters. The summed E-state index contributed by atoms with van der Waals surface area (Å²) < 4.78 is 2.31. The Morgan fingerprint density at radius 1 is 1.12 bits per heavy atom. The molecule has 0 amide bonds. The summed E-state index contributed by atoms with van der Waals surface area (Å²) in [5.74, 6) is -1.46. The van der Waals surface area contributed by atoms with Gasteiger partial charge in [-0.3, -0.25) is 14.9 Å². The molecule has 0 aliphatic carbocycles. The van der Waals surface area contributed by atoms with Crippen molar-refractivity contribution in [1.82, 2.24) is 0 Å². The van der Waals surface area contributed by atoms with Crippen LogP contribution in [0.3, 0.4) is 0 Å². The summed E-state index contributed by atoms with van der Waals surface area (Å²) in [5, 5.41) is 20.3. The number of rotatable bonds is 4. The van der Waals surface area contributed by atoms with Crippen LogP contribution in [0, 0.1) is 20.8 Å². The van der Waals surface area contributed by atoms with Crippen molar-refractivity contribution in [2.45, 2.75) is 6.92 Å². The number of ketones is 1. The maximum absolute atomic E-state index is 11.9. The number of halogens is 3. The molecular weight excluding hydrogens is 655 g/mol. The van der Waals surface area contributed by atoms with Gasteiger partial charge in [-0.25, -0.2) is 4.79 Å². The van der Waals surface area contributed by atoms with Gasteiger partial charge in [-0.05, 0) is 92.4 Å². The highest BCUT2D eigenvalue weighted by Crippen LogP contribution is 2.37. The lowest BCUT2D eigenvalue weighted by Crippen LogP contribution is -2.05. The number of nitro benzene ring substituents is 1. The van der Waals surface area contributed by atoms with E-state index in [1.165, 1.54) is 25.1 Å². The first-order valence-corrected chi connectivity index (χ1v) is 9.59. The minimum absolute atomic E-state index is 0.0990. The molecule has 2 aromatic carbocycles. The normalized spacial score (nSPS) is 10.5. The first kappa shape index (κ1) is 19.5. The predicted octanol–water partition coefficient (Wildman–Crippen LogP) is 4.98. The second-order valence-corrected chi connectivity index (χ2v) is 8.16. The average molecular weight is 663 g/mol. The van der Waals surface area contributed by atoms with Gasteiger partial charge in [-0.15, -0.1) is 0 Å². The molecular formula is C15H8I3NO5. The lowest BCUT2D eigenvalue weighted by molar-refractivity contribution is -0.385. The van der Waals surface area contributed by atoms with E-state index >= 15 is 0 Å². The van der Waals surface area contributed by atoms with Crippen LogP contribution in [0.1, 0.15) is 27.6 Å². The van der Waals surface area contributed by atoms with Crippen LogP contribution in [0.4, 0.5) is 5.69 Å². The van der Waals surface area contributed by atoms with Crippen molar-refractivity contribution in [2.75, 3.05) is 0 Å². The quantitative estimate of drug-likeness (QED) is 0.216. The second-order valence-electron chi connectivity index (χ2n) is 4.75. The number of carbonyl (C=O) groups excluding carboxylic acids is 1. The van der Waals surface area contributed by atoms with Gasteiger partial charge in [0.15, 0.2) is 5.78 Å². The molecule has 24 heavy (non-hydrogen) atoms. The Labute approximate surface area is 177 Å². The smallest absolute Gasteiger partial charge is 0.342 e. The van der Waals surface area contributed by atoms with E-state index in [4.69, 9.17) is 5.11 Å². The number of carboxylic acid groups (broad SMARTS) is 1. The number of Topliss-reactive ketones (excluding diaryl/α,β-unsaturated/α-hetero) is 1. The molecule has 0 saturated carbocycles. The summed E-state index contributed by atoms with van der Waals surface area (Å²) in [6, 6.07) is 5.80. The number of hydrogen-bond donors (Lipinski definition) is 1. The molecule has 0 spiro atoms. The van der Waals surface area contributed by atoms with Gasteiger partial charge in [0.1, 0.15) is 5.56 Å². The maximum atomic E-state index is 11.9. The molecule has 1 N–H and O–H groups in total. The Morgan fingerprint density at radius 2 is 1.75 bits per heavy atom. The summed E-state index contributed by atoms with van der Waals surface area (Å²) in [6.45, 7) is 1.46. The number of benzene rings is 2. The lowest BCUT2D eigenvalue weighted by Gasteiger charge is -2.13. The van der Waals surface area contributed by atoms with Crippen LogP contribution in [0.15, 0.2) is 24.3 Å². The average Bonchev–Trinajstić information content (AvgIpc) is 2.45. The van der Waals surface area contributed by atoms with Crippen molar-refractivity contribution < 1.29 is 19.6 Å². The molecule has 0 heterocycles. The summed E-state index contributed by atoms with van der Waals surface area (Å²) in [7, 11) is 0. The third-order valence-corrected chi connectivity index (χ3v) is 6.02. The van der Waals surface area contributed by atoms with Gasteiger partial charge in [0.2, 0.25) is 0 Å². The van der Waals surface area contributed by atoms with Crippen LogP contribution in [-0.2, 0) is 0 Å². The topological polar surface area (TPSA) is 97.5 Å². The first-order chi connectivity index (χ1) is 11.1. The van der Waals surface area contributed by atoms with E-state index in [-0.39, 0.29) is 11.3 Å². The zero-order chi connectivity index (χ0) is 18.2. The summed E-state index contributed by atoms with van der Waals surface area (Å²) >= 11 is 6.22. The first-order valence-electron chi connectivity index (χ1n) is 6.35. The SMILES string of the molecule is CC(=O)c1c(I)cc(I)c(-c2ccc(C(=O)O)c([N+](=O)[O-])c2)c1I. The van der Waals surface area contributed by atoms with Crippen molar-refractivity contribution in [1.29, 1.82) is 0 Å². The summed E-state index contributed by atoms with van der Waals surface area (Å²) in [4.78, 5) is 33.5. The monoisotopic (exact) mass is 663 g/mol. The number of carbonyl (C=O) groups is 2. The Hall–Kier alpha value is -0.830. The fourth-order valence-electron chi connectivity index (χ4n) is 2.20. The highest BCUT2D eigenvalue weighted by atomic mass is 127. The number of hydrogen-bond acceptors (Lipinski definition) is 4. The Balaban J connectivity index is 2.80. The zero-order valence-electron chi connectivity index (χ0n) is 12.0. The van der Waals surface area contributed by atoms with E-state index in [1.807, 2.05) is 28.7 Å². The summed E-state index contributed by atoms with van der Waals surface area (Å²) in [6.07, 6.45) is 0. The van der Waals surface area contributed by atoms with Crippen molar-refractivity contribution in [3.05, 3.63) is 56.2 Å². The Bertz CT molecular complexity index is 895. The fourth-order valence-corrected chi connectivity index (χ4v) is 6.95. The molecule has 2 aromatic rings. The molecule has 0 radical (unpaired) electrons.